The third-order valence-corrected chi connectivity index (χ3v) is 2.32. The Kier molecular flexibility index (Phi) is 2.04. The molecular weight excluding hydrogens is 182 g/mol. The summed E-state index contributed by atoms with van der Waals surface area (Å²) in [6, 6.07) is 4.28. The van der Waals surface area contributed by atoms with E-state index in [1.54, 1.807) is 12.1 Å². The summed E-state index contributed by atoms with van der Waals surface area (Å²) in [6.07, 6.45) is 1.21. The van der Waals surface area contributed by atoms with Gasteiger partial charge in [-0.2, -0.15) is 0 Å². The van der Waals surface area contributed by atoms with E-state index in [4.69, 9.17) is 0 Å². The van der Waals surface area contributed by atoms with Crippen molar-refractivity contribution in [3.05, 3.63) is 23.8 Å². The molecule has 0 spiro atoms. The number of rotatable bonds is 1. The molecule has 0 aliphatic carbocycles. The summed E-state index contributed by atoms with van der Waals surface area (Å²) in [7, 11) is 0. The van der Waals surface area contributed by atoms with Crippen LogP contribution in [-0.2, 0) is 4.79 Å². The number of hydrogen-bond acceptors (Lipinski definition) is 3. The lowest BCUT2D eigenvalue weighted by atomic mass is 10.0. The Morgan fingerprint density at radius 1 is 1.21 bits per heavy atom. The third kappa shape index (κ3) is 1.64. The number of nitrogens with one attached hydrogen (secondary N) is 1. The first kappa shape index (κ1) is 8.87. The molecule has 1 amide bonds. The second-order valence-electron chi connectivity index (χ2n) is 3.44. The van der Waals surface area contributed by atoms with Crippen LogP contribution < -0.4 is 5.32 Å². The van der Waals surface area contributed by atoms with Crippen LogP contribution in [0.25, 0.3) is 0 Å². The van der Waals surface area contributed by atoms with Gasteiger partial charge in [-0.1, -0.05) is 0 Å². The molecule has 1 saturated heterocycles. The van der Waals surface area contributed by atoms with Crippen molar-refractivity contribution in [1.82, 2.24) is 5.32 Å². The average molecular weight is 193 g/mol. The first-order chi connectivity index (χ1) is 6.65. The summed E-state index contributed by atoms with van der Waals surface area (Å²) in [5.74, 6) is 0.0418. The molecule has 1 atom stereocenters. The molecule has 3 N–H and O–H groups in total. The minimum Gasteiger partial charge on any atom is -0.508 e. The number of carbonyl (C=O) groups excluding carboxylic acids is 1. The molecule has 0 aromatic heterocycles. The summed E-state index contributed by atoms with van der Waals surface area (Å²) in [5, 5.41) is 21.3. The summed E-state index contributed by atoms with van der Waals surface area (Å²) in [5.41, 5.74) is 0.744. The Hall–Kier alpha value is -1.71. The second-order valence-corrected chi connectivity index (χ2v) is 3.44. The van der Waals surface area contributed by atoms with Crippen molar-refractivity contribution in [2.75, 3.05) is 0 Å². The highest BCUT2D eigenvalue weighted by atomic mass is 16.3. The minimum atomic E-state index is -0.0829. The van der Waals surface area contributed by atoms with Gasteiger partial charge in [-0.25, -0.2) is 0 Å². The van der Waals surface area contributed by atoms with Gasteiger partial charge < -0.3 is 15.5 Å². The van der Waals surface area contributed by atoms with E-state index in [2.05, 4.69) is 5.32 Å². The molecule has 0 unspecified atom stereocenters. The SMILES string of the molecule is O=C1CC[C@H](c2cc(O)cc(O)c2)N1. The summed E-state index contributed by atoms with van der Waals surface area (Å²) < 4.78 is 0. The Balaban J connectivity index is 2.27. The van der Waals surface area contributed by atoms with E-state index < -0.39 is 0 Å². The van der Waals surface area contributed by atoms with Crippen LogP contribution in [0.15, 0.2) is 18.2 Å². The van der Waals surface area contributed by atoms with E-state index >= 15 is 0 Å². The first-order valence-electron chi connectivity index (χ1n) is 4.47. The van der Waals surface area contributed by atoms with Gasteiger partial charge in [0.05, 0.1) is 6.04 Å². The van der Waals surface area contributed by atoms with Crippen molar-refractivity contribution in [2.24, 2.45) is 0 Å². The van der Waals surface area contributed by atoms with E-state index in [1.165, 1.54) is 6.07 Å². The molecule has 14 heavy (non-hydrogen) atoms. The molecule has 74 valence electrons. The zero-order valence-corrected chi connectivity index (χ0v) is 7.53. The van der Waals surface area contributed by atoms with Gasteiger partial charge in [0.15, 0.2) is 0 Å². The maximum Gasteiger partial charge on any atom is 0.220 e. The molecule has 0 saturated carbocycles. The lowest BCUT2D eigenvalue weighted by molar-refractivity contribution is -0.119. The number of amides is 1. The van der Waals surface area contributed by atoms with Gasteiger partial charge in [0.1, 0.15) is 11.5 Å². The first-order valence-corrected chi connectivity index (χ1v) is 4.47. The van der Waals surface area contributed by atoms with Crippen molar-refractivity contribution >= 4 is 5.91 Å². The fourth-order valence-electron chi connectivity index (χ4n) is 1.68. The standard InChI is InChI=1S/C10H11NO3/c12-7-3-6(4-8(13)5-7)9-1-2-10(14)11-9/h3-5,9,12-13H,1-2H2,(H,11,14)/t9-/m1/s1. The van der Waals surface area contributed by atoms with E-state index in [9.17, 15) is 15.0 Å². The van der Waals surface area contributed by atoms with Crippen LogP contribution in [0.1, 0.15) is 24.4 Å². The molecule has 4 nitrogen and oxygen atoms in total. The molecule has 1 aromatic rings. The van der Waals surface area contributed by atoms with Crippen LogP contribution in [0.5, 0.6) is 11.5 Å². The van der Waals surface area contributed by atoms with Gasteiger partial charge in [-0.05, 0) is 24.1 Å². The number of phenols is 2. The average Bonchev–Trinajstić information content (AvgIpc) is 2.50. The normalized spacial score (nSPS) is 20.9. The zero-order valence-electron chi connectivity index (χ0n) is 7.53. The lowest BCUT2D eigenvalue weighted by Crippen LogP contribution is -2.18. The van der Waals surface area contributed by atoms with E-state index in [-0.39, 0.29) is 23.4 Å². The molecule has 1 heterocycles. The predicted molar refractivity (Wildman–Crippen MR) is 49.9 cm³/mol. The highest BCUT2D eigenvalue weighted by Gasteiger charge is 2.22. The fraction of sp³-hybridized carbons (Fsp3) is 0.300. The second kappa shape index (κ2) is 3.21. The number of benzene rings is 1. The number of hydrogen-bond donors (Lipinski definition) is 3. The van der Waals surface area contributed by atoms with Crippen molar-refractivity contribution in [3.63, 3.8) is 0 Å². The van der Waals surface area contributed by atoms with Gasteiger partial charge in [-0.15, -0.1) is 0 Å². The Labute approximate surface area is 81.2 Å². The summed E-state index contributed by atoms with van der Waals surface area (Å²) >= 11 is 0. The van der Waals surface area contributed by atoms with Crippen LogP contribution in [0.2, 0.25) is 0 Å². The topological polar surface area (TPSA) is 69.6 Å². The van der Waals surface area contributed by atoms with Crippen molar-refractivity contribution in [3.8, 4) is 11.5 Å². The fourth-order valence-corrected chi connectivity index (χ4v) is 1.68. The summed E-state index contributed by atoms with van der Waals surface area (Å²) in [6.45, 7) is 0. The maximum atomic E-state index is 11.0. The van der Waals surface area contributed by atoms with E-state index in [1.807, 2.05) is 0 Å². The molecule has 1 aliphatic rings. The third-order valence-electron chi connectivity index (χ3n) is 2.32. The summed E-state index contributed by atoms with van der Waals surface area (Å²) in [4.78, 5) is 11.0. The molecule has 4 heteroatoms. The molecular formula is C10H11NO3. The van der Waals surface area contributed by atoms with Gasteiger partial charge in [0, 0.05) is 12.5 Å². The molecule has 1 aliphatic heterocycles. The van der Waals surface area contributed by atoms with Gasteiger partial charge in [0.25, 0.3) is 0 Å². The van der Waals surface area contributed by atoms with Crippen molar-refractivity contribution in [1.29, 1.82) is 0 Å². The molecule has 1 fully saturated rings. The van der Waals surface area contributed by atoms with Crippen LogP contribution >= 0.6 is 0 Å². The van der Waals surface area contributed by atoms with Gasteiger partial charge in [0.2, 0.25) is 5.91 Å². The van der Waals surface area contributed by atoms with Crippen molar-refractivity contribution < 1.29 is 15.0 Å². The highest BCUT2D eigenvalue weighted by molar-refractivity contribution is 5.78. The van der Waals surface area contributed by atoms with Gasteiger partial charge in [-0.3, -0.25) is 4.79 Å². The maximum absolute atomic E-state index is 11.0. The predicted octanol–water partition coefficient (Wildman–Crippen LogP) is 1.05. The zero-order chi connectivity index (χ0) is 10.1. The Morgan fingerprint density at radius 3 is 2.36 bits per heavy atom. The largest absolute Gasteiger partial charge is 0.508 e. The van der Waals surface area contributed by atoms with Crippen LogP contribution in [0, 0.1) is 0 Å². The van der Waals surface area contributed by atoms with E-state index in [0.29, 0.717) is 12.8 Å². The molecule has 0 radical (unpaired) electrons. The number of phenolic OH excluding ortho intramolecular Hbond substituents is 2. The smallest absolute Gasteiger partial charge is 0.220 e. The van der Waals surface area contributed by atoms with Crippen LogP contribution in [0.3, 0.4) is 0 Å². The van der Waals surface area contributed by atoms with E-state index in [0.717, 1.165) is 5.56 Å². The van der Waals surface area contributed by atoms with Crippen LogP contribution in [0.4, 0.5) is 0 Å². The number of carbonyl (C=O) groups is 1. The lowest BCUT2D eigenvalue weighted by Gasteiger charge is -2.10. The highest BCUT2D eigenvalue weighted by Crippen LogP contribution is 2.29. The minimum absolute atomic E-state index is 0.0119. The Bertz CT molecular complexity index is 355. The Morgan fingerprint density at radius 2 is 1.86 bits per heavy atom. The molecule has 0 bridgehead atoms. The van der Waals surface area contributed by atoms with Crippen molar-refractivity contribution in [2.45, 2.75) is 18.9 Å². The number of aromatic hydroxyl groups is 2. The monoisotopic (exact) mass is 193 g/mol. The molecule has 2 rings (SSSR count). The molecule has 1 aromatic carbocycles. The quantitative estimate of drug-likeness (QED) is 0.624. The van der Waals surface area contributed by atoms with Crippen LogP contribution in [-0.4, -0.2) is 16.1 Å². The van der Waals surface area contributed by atoms with Gasteiger partial charge >= 0.3 is 0 Å².